The van der Waals surface area contributed by atoms with Gasteiger partial charge in [0.05, 0.1) is 24.6 Å². The molecular formula is C13H15BrN2O2. The first-order chi connectivity index (χ1) is 8.65. The molecule has 0 unspecified atom stereocenters. The first-order valence-electron chi connectivity index (χ1n) is 5.74. The summed E-state index contributed by atoms with van der Waals surface area (Å²) < 4.78 is 8.20. The molecule has 1 aromatic heterocycles. The van der Waals surface area contributed by atoms with Crippen molar-refractivity contribution in [1.82, 2.24) is 9.78 Å². The number of aromatic nitrogens is 2. The van der Waals surface area contributed by atoms with Crippen molar-refractivity contribution in [1.29, 1.82) is 0 Å². The molecule has 0 radical (unpaired) electrons. The molecule has 18 heavy (non-hydrogen) atoms. The van der Waals surface area contributed by atoms with Crippen LogP contribution in [0.15, 0.2) is 28.7 Å². The highest BCUT2D eigenvalue weighted by Gasteiger charge is 2.12. The Morgan fingerprint density at radius 1 is 1.39 bits per heavy atom. The number of benzene rings is 1. The molecular weight excluding hydrogens is 296 g/mol. The SMILES string of the molecule is CCOc1cc(C)nn1-c1ccc(Br)cc1CO. The van der Waals surface area contributed by atoms with Gasteiger partial charge in [-0.2, -0.15) is 5.10 Å². The monoisotopic (exact) mass is 310 g/mol. The third kappa shape index (κ3) is 2.57. The average molecular weight is 311 g/mol. The number of rotatable bonds is 4. The van der Waals surface area contributed by atoms with E-state index in [0.717, 1.165) is 21.4 Å². The maximum Gasteiger partial charge on any atom is 0.216 e. The maximum absolute atomic E-state index is 9.43. The Balaban J connectivity index is 2.53. The molecule has 0 amide bonds. The van der Waals surface area contributed by atoms with Crippen LogP contribution in [0.3, 0.4) is 0 Å². The van der Waals surface area contributed by atoms with Crippen molar-refractivity contribution >= 4 is 15.9 Å². The number of hydrogen-bond acceptors (Lipinski definition) is 3. The molecule has 2 rings (SSSR count). The number of halogens is 1. The van der Waals surface area contributed by atoms with Crippen molar-refractivity contribution in [2.24, 2.45) is 0 Å². The summed E-state index contributed by atoms with van der Waals surface area (Å²) in [6.07, 6.45) is 0. The minimum Gasteiger partial charge on any atom is -0.478 e. The standard InChI is InChI=1S/C13H15BrN2O2/c1-3-18-13-6-9(2)15-16(13)12-5-4-11(14)7-10(12)8-17/h4-7,17H,3,8H2,1-2H3. The molecule has 1 N–H and O–H groups in total. The van der Waals surface area contributed by atoms with Gasteiger partial charge in [0.1, 0.15) is 0 Å². The van der Waals surface area contributed by atoms with E-state index < -0.39 is 0 Å². The highest BCUT2D eigenvalue weighted by Crippen LogP contribution is 2.25. The summed E-state index contributed by atoms with van der Waals surface area (Å²) in [5, 5.41) is 13.8. The molecule has 1 aromatic carbocycles. The van der Waals surface area contributed by atoms with Crippen LogP contribution in [0.1, 0.15) is 18.2 Å². The molecule has 0 spiro atoms. The van der Waals surface area contributed by atoms with Gasteiger partial charge in [0.2, 0.25) is 5.88 Å². The Morgan fingerprint density at radius 2 is 2.17 bits per heavy atom. The Bertz CT molecular complexity index is 552. The molecule has 96 valence electrons. The van der Waals surface area contributed by atoms with Crippen LogP contribution in [0.2, 0.25) is 0 Å². The predicted octanol–water partition coefficient (Wildman–Crippen LogP) is 2.83. The molecule has 5 heteroatoms. The van der Waals surface area contributed by atoms with E-state index in [0.29, 0.717) is 12.5 Å². The van der Waals surface area contributed by atoms with Crippen LogP contribution >= 0.6 is 15.9 Å². The van der Waals surface area contributed by atoms with Crippen molar-refractivity contribution in [2.75, 3.05) is 6.61 Å². The number of aryl methyl sites for hydroxylation is 1. The summed E-state index contributed by atoms with van der Waals surface area (Å²) in [7, 11) is 0. The maximum atomic E-state index is 9.43. The van der Waals surface area contributed by atoms with Gasteiger partial charge in [0, 0.05) is 16.1 Å². The molecule has 0 saturated heterocycles. The first-order valence-corrected chi connectivity index (χ1v) is 6.54. The second-order valence-corrected chi connectivity index (χ2v) is 4.82. The van der Waals surface area contributed by atoms with Crippen molar-refractivity contribution < 1.29 is 9.84 Å². The molecule has 2 aromatic rings. The van der Waals surface area contributed by atoms with Gasteiger partial charge in [0.15, 0.2) is 0 Å². The predicted molar refractivity (Wildman–Crippen MR) is 73.1 cm³/mol. The van der Waals surface area contributed by atoms with Gasteiger partial charge in [-0.3, -0.25) is 0 Å². The molecule has 0 saturated carbocycles. The van der Waals surface area contributed by atoms with Crippen molar-refractivity contribution in [2.45, 2.75) is 20.5 Å². The van der Waals surface area contributed by atoms with Gasteiger partial charge >= 0.3 is 0 Å². The van der Waals surface area contributed by atoms with Gasteiger partial charge in [-0.25, -0.2) is 4.68 Å². The summed E-state index contributed by atoms with van der Waals surface area (Å²) >= 11 is 3.39. The number of aliphatic hydroxyl groups excluding tert-OH is 1. The number of hydrogen-bond donors (Lipinski definition) is 1. The Kier molecular flexibility index (Phi) is 4.04. The normalized spacial score (nSPS) is 10.7. The molecule has 0 aliphatic rings. The second kappa shape index (κ2) is 5.54. The third-order valence-electron chi connectivity index (χ3n) is 2.53. The molecule has 0 aliphatic heterocycles. The summed E-state index contributed by atoms with van der Waals surface area (Å²) in [5.74, 6) is 0.687. The van der Waals surface area contributed by atoms with Gasteiger partial charge in [-0.15, -0.1) is 0 Å². The van der Waals surface area contributed by atoms with E-state index in [-0.39, 0.29) is 6.61 Å². The zero-order chi connectivity index (χ0) is 13.1. The smallest absolute Gasteiger partial charge is 0.216 e. The van der Waals surface area contributed by atoms with Gasteiger partial charge in [0.25, 0.3) is 0 Å². The van der Waals surface area contributed by atoms with E-state index in [1.807, 2.05) is 38.1 Å². The summed E-state index contributed by atoms with van der Waals surface area (Å²) in [6.45, 7) is 4.38. The molecule has 1 heterocycles. The van der Waals surface area contributed by atoms with E-state index in [1.54, 1.807) is 4.68 Å². The van der Waals surface area contributed by atoms with Gasteiger partial charge in [-0.05, 0) is 32.0 Å². The minimum atomic E-state index is -0.0424. The third-order valence-corrected chi connectivity index (χ3v) is 3.02. The summed E-state index contributed by atoms with van der Waals surface area (Å²) in [4.78, 5) is 0. The highest BCUT2D eigenvalue weighted by molar-refractivity contribution is 9.10. The Labute approximate surface area is 114 Å². The second-order valence-electron chi connectivity index (χ2n) is 3.90. The lowest BCUT2D eigenvalue weighted by Crippen LogP contribution is -2.05. The van der Waals surface area contributed by atoms with Crippen LogP contribution in [0, 0.1) is 6.92 Å². The van der Waals surface area contributed by atoms with Crippen LogP contribution in [0.5, 0.6) is 5.88 Å². The molecule has 0 bridgehead atoms. The topological polar surface area (TPSA) is 47.3 Å². The summed E-state index contributed by atoms with van der Waals surface area (Å²) in [6, 6.07) is 7.58. The number of ether oxygens (including phenoxy) is 1. The van der Waals surface area contributed by atoms with Gasteiger partial charge in [-0.1, -0.05) is 15.9 Å². The van der Waals surface area contributed by atoms with Crippen LogP contribution in [-0.2, 0) is 6.61 Å². The lowest BCUT2D eigenvalue weighted by atomic mass is 10.2. The van der Waals surface area contributed by atoms with Crippen LogP contribution < -0.4 is 4.74 Å². The fourth-order valence-electron chi connectivity index (χ4n) is 1.79. The summed E-state index contributed by atoms with van der Waals surface area (Å²) in [5.41, 5.74) is 2.51. The van der Waals surface area contributed by atoms with Crippen molar-refractivity contribution in [3.8, 4) is 11.6 Å². The Hall–Kier alpha value is -1.33. The highest BCUT2D eigenvalue weighted by atomic mass is 79.9. The average Bonchev–Trinajstić information content (AvgIpc) is 2.70. The fraction of sp³-hybridized carbons (Fsp3) is 0.308. The largest absolute Gasteiger partial charge is 0.478 e. The molecule has 0 fully saturated rings. The van der Waals surface area contributed by atoms with E-state index in [1.165, 1.54) is 0 Å². The minimum absolute atomic E-state index is 0.0424. The van der Waals surface area contributed by atoms with Crippen LogP contribution in [-0.4, -0.2) is 21.5 Å². The van der Waals surface area contributed by atoms with Crippen molar-refractivity contribution in [3.05, 3.63) is 40.0 Å². The van der Waals surface area contributed by atoms with E-state index >= 15 is 0 Å². The molecule has 0 atom stereocenters. The molecule has 0 aliphatic carbocycles. The van der Waals surface area contributed by atoms with Crippen LogP contribution in [0.4, 0.5) is 0 Å². The van der Waals surface area contributed by atoms with Crippen molar-refractivity contribution in [3.63, 3.8) is 0 Å². The Morgan fingerprint density at radius 3 is 2.83 bits per heavy atom. The van der Waals surface area contributed by atoms with E-state index in [4.69, 9.17) is 4.74 Å². The van der Waals surface area contributed by atoms with E-state index in [9.17, 15) is 5.11 Å². The van der Waals surface area contributed by atoms with Crippen LogP contribution in [0.25, 0.3) is 5.69 Å². The number of nitrogens with zero attached hydrogens (tertiary/aromatic N) is 2. The zero-order valence-corrected chi connectivity index (χ0v) is 11.9. The van der Waals surface area contributed by atoms with Gasteiger partial charge < -0.3 is 9.84 Å². The quantitative estimate of drug-likeness (QED) is 0.944. The number of aliphatic hydroxyl groups is 1. The molecule has 4 nitrogen and oxygen atoms in total. The van der Waals surface area contributed by atoms with E-state index in [2.05, 4.69) is 21.0 Å². The first kappa shape index (κ1) is 13.1. The lowest BCUT2D eigenvalue weighted by molar-refractivity contribution is 0.280. The lowest BCUT2D eigenvalue weighted by Gasteiger charge is -2.11. The fourth-order valence-corrected chi connectivity index (χ4v) is 2.19. The zero-order valence-electron chi connectivity index (χ0n) is 10.4.